The van der Waals surface area contributed by atoms with Crippen LogP contribution in [0.25, 0.3) is 0 Å². The molecule has 0 radical (unpaired) electrons. The molecule has 0 bridgehead atoms. The van der Waals surface area contributed by atoms with Crippen LogP contribution in [0.15, 0.2) is 0 Å². The van der Waals surface area contributed by atoms with Crippen LogP contribution in [-0.4, -0.2) is 36.0 Å². The summed E-state index contributed by atoms with van der Waals surface area (Å²) >= 11 is 0. The van der Waals surface area contributed by atoms with E-state index in [0.717, 1.165) is 23.7 Å². The van der Waals surface area contributed by atoms with Gasteiger partial charge >= 0.3 is 0 Å². The second-order valence-corrected chi connectivity index (χ2v) is 5.06. The van der Waals surface area contributed by atoms with Crippen LogP contribution < -0.4 is 16.0 Å². The Kier molecular flexibility index (Phi) is 5.09. The minimum atomic E-state index is -0.359. The average molecular weight is 265 g/mol. The Morgan fingerprint density at radius 1 is 1.37 bits per heavy atom. The zero-order valence-corrected chi connectivity index (χ0v) is 12.3. The number of nitrogens with two attached hydrogens (primary N) is 1. The van der Waals surface area contributed by atoms with Gasteiger partial charge in [0.15, 0.2) is 0 Å². The molecule has 1 amide bonds. The SMILES string of the molecule is CNc1nc(C)nc(N(CC(N)=O)CC(C)C)c1C. The molecule has 19 heavy (non-hydrogen) atoms. The minimum Gasteiger partial charge on any atom is -0.373 e. The zero-order chi connectivity index (χ0) is 14.6. The van der Waals surface area contributed by atoms with Crippen molar-refractivity contribution in [2.75, 3.05) is 30.4 Å². The first-order valence-corrected chi connectivity index (χ1v) is 6.41. The van der Waals surface area contributed by atoms with Gasteiger partial charge in [0.05, 0.1) is 6.54 Å². The highest BCUT2D eigenvalue weighted by atomic mass is 16.1. The number of aryl methyl sites for hydroxylation is 1. The lowest BCUT2D eigenvalue weighted by atomic mass is 10.2. The Labute approximate surface area is 114 Å². The molecule has 6 heteroatoms. The highest BCUT2D eigenvalue weighted by Crippen LogP contribution is 2.23. The molecule has 6 nitrogen and oxygen atoms in total. The molecule has 0 fully saturated rings. The van der Waals surface area contributed by atoms with E-state index < -0.39 is 0 Å². The lowest BCUT2D eigenvalue weighted by molar-refractivity contribution is -0.116. The van der Waals surface area contributed by atoms with Crippen molar-refractivity contribution in [3.05, 3.63) is 11.4 Å². The van der Waals surface area contributed by atoms with E-state index in [1.165, 1.54) is 0 Å². The van der Waals surface area contributed by atoms with E-state index in [9.17, 15) is 4.79 Å². The molecule has 0 unspecified atom stereocenters. The Balaban J connectivity index is 3.20. The van der Waals surface area contributed by atoms with E-state index in [-0.39, 0.29) is 12.5 Å². The number of anilines is 2. The summed E-state index contributed by atoms with van der Waals surface area (Å²) in [5, 5.41) is 3.04. The fourth-order valence-electron chi connectivity index (χ4n) is 2.02. The van der Waals surface area contributed by atoms with Gasteiger partial charge < -0.3 is 16.0 Å². The summed E-state index contributed by atoms with van der Waals surface area (Å²) in [6, 6.07) is 0. The molecule has 1 rings (SSSR count). The zero-order valence-electron chi connectivity index (χ0n) is 12.3. The highest BCUT2D eigenvalue weighted by Gasteiger charge is 2.17. The standard InChI is InChI=1S/C13H23N5O/c1-8(2)6-18(7-11(14)19)13-9(3)12(15-5)16-10(4)17-13/h8H,6-7H2,1-5H3,(H2,14,19)(H,15,16,17). The van der Waals surface area contributed by atoms with Gasteiger partial charge in [0, 0.05) is 19.2 Å². The van der Waals surface area contributed by atoms with Crippen molar-refractivity contribution in [1.82, 2.24) is 9.97 Å². The Hall–Kier alpha value is -1.85. The summed E-state index contributed by atoms with van der Waals surface area (Å²) in [6.45, 7) is 8.85. The number of carbonyl (C=O) groups excluding carboxylic acids is 1. The molecule has 3 N–H and O–H groups in total. The van der Waals surface area contributed by atoms with Crippen molar-refractivity contribution < 1.29 is 4.79 Å². The van der Waals surface area contributed by atoms with E-state index in [1.807, 2.05) is 25.8 Å². The molecule has 0 saturated heterocycles. The molecule has 0 spiro atoms. The number of rotatable bonds is 6. The third kappa shape index (κ3) is 4.08. The number of primary amides is 1. The number of nitrogens with one attached hydrogen (secondary N) is 1. The summed E-state index contributed by atoms with van der Waals surface area (Å²) in [5.74, 6) is 2.27. The number of hydrogen-bond donors (Lipinski definition) is 2. The Morgan fingerprint density at radius 3 is 2.47 bits per heavy atom. The average Bonchev–Trinajstić information content (AvgIpc) is 2.29. The van der Waals surface area contributed by atoms with Crippen LogP contribution in [0.3, 0.4) is 0 Å². The second-order valence-electron chi connectivity index (χ2n) is 5.06. The maximum atomic E-state index is 11.2. The van der Waals surface area contributed by atoms with Crippen molar-refractivity contribution in [2.45, 2.75) is 27.7 Å². The van der Waals surface area contributed by atoms with E-state index in [2.05, 4.69) is 29.1 Å². The summed E-state index contributed by atoms with van der Waals surface area (Å²) in [6.07, 6.45) is 0. The molecule has 0 aliphatic rings. The quantitative estimate of drug-likeness (QED) is 0.804. The third-order valence-electron chi connectivity index (χ3n) is 2.70. The van der Waals surface area contributed by atoms with Gasteiger partial charge in [-0.25, -0.2) is 9.97 Å². The topological polar surface area (TPSA) is 84.1 Å². The smallest absolute Gasteiger partial charge is 0.236 e. The first-order chi connectivity index (χ1) is 8.85. The maximum Gasteiger partial charge on any atom is 0.236 e. The second kappa shape index (κ2) is 6.36. The summed E-state index contributed by atoms with van der Waals surface area (Å²) < 4.78 is 0. The normalized spacial score (nSPS) is 10.6. The molecule has 1 heterocycles. The molecular formula is C13H23N5O. The van der Waals surface area contributed by atoms with Crippen LogP contribution in [0, 0.1) is 19.8 Å². The Morgan fingerprint density at radius 2 is 2.00 bits per heavy atom. The molecule has 0 saturated carbocycles. The molecule has 0 aliphatic carbocycles. The number of amides is 1. The molecule has 1 aromatic rings. The molecule has 0 atom stereocenters. The predicted octanol–water partition coefficient (Wildman–Crippen LogP) is 1.08. The van der Waals surface area contributed by atoms with Gasteiger partial charge in [-0.3, -0.25) is 4.79 Å². The molecule has 0 aromatic carbocycles. The largest absolute Gasteiger partial charge is 0.373 e. The number of aromatic nitrogens is 2. The van der Waals surface area contributed by atoms with Crippen LogP contribution in [-0.2, 0) is 4.79 Å². The van der Waals surface area contributed by atoms with E-state index >= 15 is 0 Å². The predicted molar refractivity (Wildman–Crippen MR) is 77.3 cm³/mol. The number of hydrogen-bond acceptors (Lipinski definition) is 5. The van der Waals surface area contributed by atoms with Crippen LogP contribution in [0.5, 0.6) is 0 Å². The molecule has 1 aromatic heterocycles. The summed E-state index contributed by atoms with van der Waals surface area (Å²) in [5.41, 5.74) is 6.25. The minimum absolute atomic E-state index is 0.165. The molecule has 0 aliphatic heterocycles. The van der Waals surface area contributed by atoms with Gasteiger partial charge in [-0.2, -0.15) is 0 Å². The lowest BCUT2D eigenvalue weighted by Gasteiger charge is -2.26. The van der Waals surface area contributed by atoms with Crippen molar-refractivity contribution in [1.29, 1.82) is 0 Å². The van der Waals surface area contributed by atoms with Crippen LogP contribution >= 0.6 is 0 Å². The van der Waals surface area contributed by atoms with Gasteiger partial charge in [-0.1, -0.05) is 13.8 Å². The molecule has 106 valence electrons. The van der Waals surface area contributed by atoms with Crippen LogP contribution in [0.1, 0.15) is 25.2 Å². The first kappa shape index (κ1) is 15.2. The van der Waals surface area contributed by atoms with Crippen molar-refractivity contribution in [2.24, 2.45) is 11.7 Å². The third-order valence-corrected chi connectivity index (χ3v) is 2.70. The van der Waals surface area contributed by atoms with Crippen molar-refractivity contribution in [3.8, 4) is 0 Å². The van der Waals surface area contributed by atoms with E-state index in [1.54, 1.807) is 0 Å². The maximum absolute atomic E-state index is 11.2. The van der Waals surface area contributed by atoms with E-state index in [4.69, 9.17) is 5.73 Å². The van der Waals surface area contributed by atoms with E-state index in [0.29, 0.717) is 11.7 Å². The summed E-state index contributed by atoms with van der Waals surface area (Å²) in [7, 11) is 1.82. The lowest BCUT2D eigenvalue weighted by Crippen LogP contribution is -2.37. The fraction of sp³-hybridized carbons (Fsp3) is 0.615. The van der Waals surface area contributed by atoms with Crippen molar-refractivity contribution >= 4 is 17.5 Å². The Bertz CT molecular complexity index is 459. The van der Waals surface area contributed by atoms with Crippen molar-refractivity contribution in [3.63, 3.8) is 0 Å². The van der Waals surface area contributed by atoms with Gasteiger partial charge in [0.2, 0.25) is 5.91 Å². The monoisotopic (exact) mass is 265 g/mol. The number of nitrogens with zero attached hydrogens (tertiary/aromatic N) is 3. The summed E-state index contributed by atoms with van der Waals surface area (Å²) in [4.78, 5) is 21.9. The molecular weight excluding hydrogens is 242 g/mol. The number of carbonyl (C=O) groups is 1. The van der Waals surface area contributed by atoms with Gasteiger partial charge in [-0.15, -0.1) is 0 Å². The van der Waals surface area contributed by atoms with Gasteiger partial charge in [0.25, 0.3) is 0 Å². The van der Waals surface area contributed by atoms with Crippen LogP contribution in [0.2, 0.25) is 0 Å². The van der Waals surface area contributed by atoms with Crippen LogP contribution in [0.4, 0.5) is 11.6 Å². The van der Waals surface area contributed by atoms with Gasteiger partial charge in [-0.05, 0) is 19.8 Å². The van der Waals surface area contributed by atoms with Gasteiger partial charge in [0.1, 0.15) is 17.5 Å². The highest BCUT2D eigenvalue weighted by molar-refractivity contribution is 5.79. The fourth-order valence-corrected chi connectivity index (χ4v) is 2.02. The first-order valence-electron chi connectivity index (χ1n) is 6.41.